The van der Waals surface area contributed by atoms with E-state index < -0.39 is 25.1 Å². The lowest BCUT2D eigenvalue weighted by molar-refractivity contribution is 0.0893. The average Bonchev–Trinajstić information content (AvgIpc) is 2.90. The highest BCUT2D eigenvalue weighted by molar-refractivity contribution is 7.95. The van der Waals surface area contributed by atoms with Gasteiger partial charge < -0.3 is 15.2 Å². The fourth-order valence-electron chi connectivity index (χ4n) is 2.52. The molecule has 4 N–H and O–H groups in total. The van der Waals surface area contributed by atoms with Crippen molar-refractivity contribution < 1.29 is 26.7 Å². The molecule has 0 aliphatic carbocycles. The van der Waals surface area contributed by atoms with E-state index >= 15 is 0 Å². The Morgan fingerprint density at radius 2 is 2.17 bits per heavy atom. The maximum atomic E-state index is 12.7. The zero-order valence-electron chi connectivity index (χ0n) is 13.0. The van der Waals surface area contributed by atoms with Crippen LogP contribution in [0.25, 0.3) is 0 Å². The van der Waals surface area contributed by atoms with E-state index in [2.05, 4.69) is 5.32 Å². The molecule has 0 spiro atoms. The zero-order chi connectivity index (χ0) is 17.3. The second kappa shape index (κ2) is 8.41. The van der Waals surface area contributed by atoms with Crippen LogP contribution in [0.15, 0.2) is 14.5 Å². The summed E-state index contributed by atoms with van der Waals surface area (Å²) in [6.45, 7) is 2.30. The first-order chi connectivity index (χ1) is 10.7. The number of fused-ring (bicyclic) bond motifs is 1. The molecule has 0 aromatic carbocycles. The Labute approximate surface area is 151 Å². The van der Waals surface area contributed by atoms with Crippen LogP contribution < -0.4 is 10.5 Å². The topological polar surface area (TPSA) is 136 Å². The van der Waals surface area contributed by atoms with E-state index in [0.29, 0.717) is 23.4 Å². The largest absolute Gasteiger partial charge is 0.394 e. The summed E-state index contributed by atoms with van der Waals surface area (Å²) < 4.78 is 53.5. The Balaban J connectivity index is 0.00000288. The van der Waals surface area contributed by atoms with Crippen molar-refractivity contribution in [3.05, 3.63) is 11.6 Å². The van der Waals surface area contributed by atoms with Gasteiger partial charge in [-0.2, -0.15) is 0 Å². The smallest absolute Gasteiger partial charge is 0.247 e. The molecule has 0 bridgehead atoms. The van der Waals surface area contributed by atoms with Crippen molar-refractivity contribution in [3.63, 3.8) is 0 Å². The Morgan fingerprint density at radius 3 is 2.71 bits per heavy atom. The number of nitrogens with one attached hydrogen (secondary N) is 1. The summed E-state index contributed by atoms with van der Waals surface area (Å²) in [7, 11) is -7.66. The van der Waals surface area contributed by atoms with Gasteiger partial charge in [0.1, 0.15) is 8.42 Å². The molecule has 1 aromatic heterocycles. The number of ether oxygens (including phenoxy) is 1. The standard InChI is InChI=1S/C12H20N2O6S3.ClH/c1-2-14-10-5-8(7-20-4-3-15)22(16,17)12-9(10)6-11(21-12)23(13,18)19;/h6,8,10,14-15H,2-5,7H2,1H3,(H2,13,18,19);1H. The molecule has 1 aliphatic rings. The van der Waals surface area contributed by atoms with Gasteiger partial charge in [-0.1, -0.05) is 6.92 Å². The van der Waals surface area contributed by atoms with Gasteiger partial charge in [-0.15, -0.1) is 23.7 Å². The molecule has 0 saturated carbocycles. The molecule has 140 valence electrons. The molecule has 8 nitrogen and oxygen atoms in total. The quantitative estimate of drug-likeness (QED) is 0.529. The first kappa shape index (κ1) is 21.8. The lowest BCUT2D eigenvalue weighted by atomic mass is 10.0. The second-order valence-corrected chi connectivity index (χ2v) is 10.4. The van der Waals surface area contributed by atoms with E-state index in [1.165, 1.54) is 6.07 Å². The van der Waals surface area contributed by atoms with Crippen LogP contribution in [-0.4, -0.2) is 53.6 Å². The highest BCUT2D eigenvalue weighted by Crippen LogP contribution is 2.42. The van der Waals surface area contributed by atoms with Gasteiger partial charge in [-0.05, 0) is 19.0 Å². The summed E-state index contributed by atoms with van der Waals surface area (Å²) in [4.78, 5) is 0. The number of aliphatic hydroxyl groups is 1. The van der Waals surface area contributed by atoms with Crippen LogP contribution in [0.1, 0.15) is 24.9 Å². The lowest BCUT2D eigenvalue weighted by Crippen LogP contribution is -2.37. The minimum atomic E-state index is -3.96. The van der Waals surface area contributed by atoms with E-state index in [1.54, 1.807) is 0 Å². The van der Waals surface area contributed by atoms with Gasteiger partial charge in [0, 0.05) is 11.6 Å². The summed E-state index contributed by atoms with van der Waals surface area (Å²) in [5, 5.41) is 16.2. The van der Waals surface area contributed by atoms with Crippen molar-refractivity contribution in [2.24, 2.45) is 5.14 Å². The number of thiophene rings is 1. The van der Waals surface area contributed by atoms with Crippen molar-refractivity contribution in [2.75, 3.05) is 26.4 Å². The van der Waals surface area contributed by atoms with Crippen LogP contribution in [-0.2, 0) is 24.6 Å². The highest BCUT2D eigenvalue weighted by Gasteiger charge is 2.41. The third-order valence-electron chi connectivity index (χ3n) is 3.54. The lowest BCUT2D eigenvalue weighted by Gasteiger charge is -2.29. The molecule has 24 heavy (non-hydrogen) atoms. The molecule has 2 rings (SSSR count). The van der Waals surface area contributed by atoms with Crippen LogP contribution in [0.2, 0.25) is 0 Å². The Kier molecular flexibility index (Phi) is 7.63. The third-order valence-corrected chi connectivity index (χ3v) is 8.82. The average molecular weight is 421 g/mol. The fourth-order valence-corrected chi connectivity index (χ4v) is 7.06. The number of nitrogens with two attached hydrogens (primary N) is 1. The molecule has 0 fully saturated rings. The van der Waals surface area contributed by atoms with Crippen LogP contribution >= 0.6 is 23.7 Å². The van der Waals surface area contributed by atoms with Gasteiger partial charge in [-0.3, -0.25) is 0 Å². The zero-order valence-corrected chi connectivity index (χ0v) is 16.2. The first-order valence-electron chi connectivity index (χ1n) is 7.04. The van der Waals surface area contributed by atoms with Gasteiger partial charge in [0.25, 0.3) is 0 Å². The van der Waals surface area contributed by atoms with Crippen molar-refractivity contribution >= 4 is 43.6 Å². The summed E-state index contributed by atoms with van der Waals surface area (Å²) in [5.41, 5.74) is 0.444. The Bertz CT molecular complexity index is 762. The van der Waals surface area contributed by atoms with Gasteiger partial charge in [0.2, 0.25) is 10.0 Å². The minimum Gasteiger partial charge on any atom is -0.394 e. The Hall–Kier alpha value is -0.270. The molecule has 1 aromatic rings. The second-order valence-electron chi connectivity index (χ2n) is 5.16. The van der Waals surface area contributed by atoms with Crippen molar-refractivity contribution in [3.8, 4) is 0 Å². The van der Waals surface area contributed by atoms with Gasteiger partial charge in [-0.25, -0.2) is 22.0 Å². The number of rotatable bonds is 7. The number of sulfone groups is 1. The van der Waals surface area contributed by atoms with E-state index in [4.69, 9.17) is 15.0 Å². The molecular formula is C12H21ClN2O6S3. The number of primary sulfonamides is 1. The van der Waals surface area contributed by atoms with Crippen LogP contribution in [0.3, 0.4) is 0 Å². The molecule has 0 saturated heterocycles. The number of hydrogen-bond acceptors (Lipinski definition) is 8. The van der Waals surface area contributed by atoms with Crippen LogP contribution in [0.4, 0.5) is 0 Å². The molecule has 1 aliphatic heterocycles. The van der Waals surface area contributed by atoms with E-state index in [1.807, 2.05) is 6.92 Å². The third kappa shape index (κ3) is 4.47. The summed E-state index contributed by atoms with van der Waals surface area (Å²) in [6, 6.07) is 1.05. The van der Waals surface area contributed by atoms with Gasteiger partial charge >= 0.3 is 0 Å². The molecule has 0 amide bonds. The normalized spacial score (nSPS) is 22.6. The SMILES string of the molecule is CCNC1CC(COCCO)S(=O)(=O)c2sc(S(N)(=O)=O)cc21.Cl. The summed E-state index contributed by atoms with van der Waals surface area (Å²) in [6.07, 6.45) is 0.273. The maximum Gasteiger partial charge on any atom is 0.247 e. The van der Waals surface area contributed by atoms with Gasteiger partial charge in [0.05, 0.1) is 25.1 Å². The van der Waals surface area contributed by atoms with E-state index in [0.717, 1.165) is 0 Å². The molecule has 0 radical (unpaired) electrons. The number of aliphatic hydroxyl groups excluding tert-OH is 1. The molecule has 12 heteroatoms. The highest BCUT2D eigenvalue weighted by atomic mass is 35.5. The van der Waals surface area contributed by atoms with Crippen LogP contribution in [0, 0.1) is 0 Å². The van der Waals surface area contributed by atoms with Crippen molar-refractivity contribution in [1.82, 2.24) is 5.32 Å². The van der Waals surface area contributed by atoms with Crippen LogP contribution in [0.5, 0.6) is 0 Å². The van der Waals surface area contributed by atoms with E-state index in [-0.39, 0.29) is 53.1 Å². The summed E-state index contributed by atoms with van der Waals surface area (Å²) in [5.74, 6) is 0. The summed E-state index contributed by atoms with van der Waals surface area (Å²) >= 11 is 0.676. The predicted octanol–water partition coefficient (Wildman–Crippen LogP) is 0.0228. The first-order valence-corrected chi connectivity index (χ1v) is 10.9. The molecule has 2 atom stereocenters. The number of hydrogen-bond donors (Lipinski definition) is 3. The van der Waals surface area contributed by atoms with Gasteiger partial charge in [0.15, 0.2) is 9.84 Å². The molecule has 2 heterocycles. The maximum absolute atomic E-state index is 12.7. The number of sulfonamides is 1. The fraction of sp³-hybridized carbons (Fsp3) is 0.667. The molecular weight excluding hydrogens is 400 g/mol. The van der Waals surface area contributed by atoms with E-state index in [9.17, 15) is 16.8 Å². The predicted molar refractivity (Wildman–Crippen MR) is 92.9 cm³/mol. The minimum absolute atomic E-state index is 0. The van der Waals surface area contributed by atoms with Crippen molar-refractivity contribution in [1.29, 1.82) is 0 Å². The van der Waals surface area contributed by atoms with Crippen molar-refractivity contribution in [2.45, 2.75) is 33.1 Å². The Morgan fingerprint density at radius 1 is 1.50 bits per heavy atom. The monoisotopic (exact) mass is 420 g/mol. The molecule has 2 unspecified atom stereocenters. The number of halogens is 1.